The van der Waals surface area contributed by atoms with Gasteiger partial charge in [0.1, 0.15) is 0 Å². The maximum absolute atomic E-state index is 11.6. The van der Waals surface area contributed by atoms with Crippen LogP contribution in [0, 0.1) is 0 Å². The first kappa shape index (κ1) is 13.3. The van der Waals surface area contributed by atoms with Crippen LogP contribution in [0.4, 0.5) is 0 Å². The number of amides is 1. The summed E-state index contributed by atoms with van der Waals surface area (Å²) in [5.74, 6) is 0.124. The lowest BCUT2D eigenvalue weighted by molar-refractivity contribution is -0.125. The molecule has 0 aliphatic carbocycles. The van der Waals surface area contributed by atoms with E-state index in [0.717, 1.165) is 10.6 Å². The molecule has 0 atom stereocenters. The van der Waals surface area contributed by atoms with Gasteiger partial charge in [-0.05, 0) is 11.6 Å². The van der Waals surface area contributed by atoms with E-state index in [4.69, 9.17) is 11.6 Å². The van der Waals surface area contributed by atoms with E-state index in [-0.39, 0.29) is 5.91 Å². The van der Waals surface area contributed by atoms with Crippen LogP contribution >= 0.6 is 11.6 Å². The fraction of sp³-hybridized carbons (Fsp3) is 0.417. The standard InChI is InChI=1S/C12H18ClNOSi/c1-10(15)14(16(2,3)4)9-11-7-5-6-8-12(11)13/h5-8H,9H2,1-4H3. The van der Waals surface area contributed by atoms with Crippen LogP contribution in [-0.4, -0.2) is 18.7 Å². The molecule has 0 heterocycles. The molecule has 0 N–H and O–H groups in total. The summed E-state index contributed by atoms with van der Waals surface area (Å²) >= 11 is 6.10. The predicted octanol–water partition coefficient (Wildman–Crippen LogP) is 3.52. The first-order valence-electron chi connectivity index (χ1n) is 5.34. The van der Waals surface area contributed by atoms with E-state index >= 15 is 0 Å². The molecule has 0 saturated heterocycles. The minimum absolute atomic E-state index is 0.124. The van der Waals surface area contributed by atoms with Gasteiger partial charge in [0.15, 0.2) is 8.24 Å². The quantitative estimate of drug-likeness (QED) is 0.757. The molecule has 0 radical (unpaired) electrons. The Morgan fingerprint density at radius 3 is 2.31 bits per heavy atom. The van der Waals surface area contributed by atoms with Crippen molar-refractivity contribution < 1.29 is 4.79 Å². The summed E-state index contributed by atoms with van der Waals surface area (Å²) in [6.07, 6.45) is 0. The highest BCUT2D eigenvalue weighted by molar-refractivity contribution is 6.75. The van der Waals surface area contributed by atoms with Crippen molar-refractivity contribution in [3.63, 3.8) is 0 Å². The molecule has 0 saturated carbocycles. The van der Waals surface area contributed by atoms with Crippen molar-refractivity contribution in [3.8, 4) is 0 Å². The molecule has 1 aromatic rings. The second-order valence-electron chi connectivity index (χ2n) is 4.87. The maximum atomic E-state index is 11.6. The number of carbonyl (C=O) groups excluding carboxylic acids is 1. The Balaban J connectivity index is 2.94. The molecular weight excluding hydrogens is 238 g/mol. The topological polar surface area (TPSA) is 20.3 Å². The fourth-order valence-corrected chi connectivity index (χ4v) is 3.40. The van der Waals surface area contributed by atoms with E-state index in [1.54, 1.807) is 6.92 Å². The van der Waals surface area contributed by atoms with Crippen molar-refractivity contribution in [2.45, 2.75) is 33.1 Å². The lowest BCUT2D eigenvalue weighted by atomic mass is 10.2. The van der Waals surface area contributed by atoms with Crippen LogP contribution < -0.4 is 0 Å². The summed E-state index contributed by atoms with van der Waals surface area (Å²) in [6, 6.07) is 7.68. The predicted molar refractivity (Wildman–Crippen MR) is 71.0 cm³/mol. The maximum Gasteiger partial charge on any atom is 0.211 e. The monoisotopic (exact) mass is 255 g/mol. The smallest absolute Gasteiger partial charge is 0.211 e. The van der Waals surface area contributed by atoms with Crippen molar-refractivity contribution in [3.05, 3.63) is 34.9 Å². The molecule has 16 heavy (non-hydrogen) atoms. The van der Waals surface area contributed by atoms with Crippen molar-refractivity contribution in [2.24, 2.45) is 0 Å². The molecular formula is C12H18ClNOSi. The zero-order valence-electron chi connectivity index (χ0n) is 10.2. The van der Waals surface area contributed by atoms with Gasteiger partial charge in [0.2, 0.25) is 5.91 Å². The molecule has 0 aromatic heterocycles. The van der Waals surface area contributed by atoms with Gasteiger partial charge >= 0.3 is 0 Å². The van der Waals surface area contributed by atoms with Gasteiger partial charge in [-0.1, -0.05) is 49.4 Å². The highest BCUT2D eigenvalue weighted by Crippen LogP contribution is 2.20. The molecule has 0 aliphatic heterocycles. The van der Waals surface area contributed by atoms with Gasteiger partial charge < -0.3 is 4.57 Å². The first-order valence-corrected chi connectivity index (χ1v) is 9.16. The van der Waals surface area contributed by atoms with E-state index in [0.29, 0.717) is 6.54 Å². The van der Waals surface area contributed by atoms with Gasteiger partial charge in [0.05, 0.1) is 0 Å². The lowest BCUT2D eigenvalue weighted by Gasteiger charge is -2.33. The molecule has 1 rings (SSSR count). The van der Waals surface area contributed by atoms with Crippen LogP contribution in [0.2, 0.25) is 24.7 Å². The number of rotatable bonds is 3. The van der Waals surface area contributed by atoms with Crippen molar-refractivity contribution in [2.75, 3.05) is 0 Å². The molecule has 0 unspecified atom stereocenters. The Kier molecular flexibility index (Phi) is 4.16. The van der Waals surface area contributed by atoms with E-state index in [1.807, 2.05) is 28.8 Å². The van der Waals surface area contributed by atoms with Crippen LogP contribution in [0.3, 0.4) is 0 Å². The van der Waals surface area contributed by atoms with Crippen LogP contribution in [0.25, 0.3) is 0 Å². The molecule has 0 bridgehead atoms. The van der Waals surface area contributed by atoms with Crippen molar-refractivity contribution >= 4 is 25.7 Å². The number of hydrogen-bond donors (Lipinski definition) is 0. The summed E-state index contributed by atoms with van der Waals surface area (Å²) < 4.78 is 1.95. The Hall–Kier alpha value is -0.803. The zero-order chi connectivity index (χ0) is 12.3. The molecule has 88 valence electrons. The van der Waals surface area contributed by atoms with Gasteiger partial charge in [-0.15, -0.1) is 0 Å². The number of hydrogen-bond acceptors (Lipinski definition) is 1. The second kappa shape index (κ2) is 5.02. The third-order valence-electron chi connectivity index (χ3n) is 2.48. The SMILES string of the molecule is CC(=O)N(Cc1ccccc1Cl)[Si](C)(C)C. The van der Waals surface area contributed by atoms with E-state index in [1.165, 1.54) is 0 Å². The Labute approximate surface area is 103 Å². The number of carbonyl (C=O) groups is 1. The first-order chi connectivity index (χ1) is 7.32. The average Bonchev–Trinajstić information content (AvgIpc) is 2.14. The zero-order valence-corrected chi connectivity index (χ0v) is 12.0. The van der Waals surface area contributed by atoms with E-state index in [9.17, 15) is 4.79 Å². The summed E-state index contributed by atoms with van der Waals surface area (Å²) in [6.45, 7) is 8.71. The molecule has 1 amide bonds. The third-order valence-corrected chi connectivity index (χ3v) is 4.94. The molecule has 2 nitrogen and oxygen atoms in total. The summed E-state index contributed by atoms with van der Waals surface area (Å²) in [7, 11) is -1.63. The Morgan fingerprint density at radius 1 is 1.31 bits per heavy atom. The van der Waals surface area contributed by atoms with Crippen molar-refractivity contribution in [1.29, 1.82) is 0 Å². The van der Waals surface area contributed by atoms with Gasteiger partial charge in [-0.3, -0.25) is 4.79 Å². The van der Waals surface area contributed by atoms with Gasteiger partial charge in [-0.2, -0.15) is 0 Å². The normalized spacial score (nSPS) is 11.3. The molecule has 0 fully saturated rings. The van der Waals surface area contributed by atoms with Gasteiger partial charge in [0, 0.05) is 18.5 Å². The molecule has 4 heteroatoms. The lowest BCUT2D eigenvalue weighted by Crippen LogP contribution is -2.48. The van der Waals surface area contributed by atoms with Gasteiger partial charge in [-0.25, -0.2) is 0 Å². The summed E-state index contributed by atoms with van der Waals surface area (Å²) in [4.78, 5) is 11.6. The highest BCUT2D eigenvalue weighted by atomic mass is 35.5. The number of halogens is 1. The fourth-order valence-electron chi connectivity index (χ4n) is 1.62. The van der Waals surface area contributed by atoms with Crippen LogP contribution in [0.15, 0.2) is 24.3 Å². The van der Waals surface area contributed by atoms with Gasteiger partial charge in [0.25, 0.3) is 0 Å². The highest BCUT2D eigenvalue weighted by Gasteiger charge is 2.26. The Morgan fingerprint density at radius 2 is 1.88 bits per heavy atom. The average molecular weight is 256 g/mol. The Bertz CT molecular complexity index is 387. The minimum Gasteiger partial charge on any atom is -0.366 e. The van der Waals surface area contributed by atoms with Crippen LogP contribution in [0.5, 0.6) is 0 Å². The molecule has 0 spiro atoms. The van der Waals surface area contributed by atoms with Crippen LogP contribution in [-0.2, 0) is 11.3 Å². The van der Waals surface area contributed by atoms with E-state index < -0.39 is 8.24 Å². The second-order valence-corrected chi connectivity index (χ2v) is 10.2. The number of benzene rings is 1. The van der Waals surface area contributed by atoms with E-state index in [2.05, 4.69) is 19.6 Å². The molecule has 1 aromatic carbocycles. The third kappa shape index (κ3) is 3.35. The van der Waals surface area contributed by atoms with Crippen LogP contribution in [0.1, 0.15) is 12.5 Å². The summed E-state index contributed by atoms with van der Waals surface area (Å²) in [5.41, 5.74) is 1.02. The number of nitrogens with zero attached hydrogens (tertiary/aromatic N) is 1. The summed E-state index contributed by atoms with van der Waals surface area (Å²) in [5, 5.41) is 0.729. The minimum atomic E-state index is -1.63. The van der Waals surface area contributed by atoms with Crippen molar-refractivity contribution in [1.82, 2.24) is 4.57 Å². The largest absolute Gasteiger partial charge is 0.366 e. The molecule has 0 aliphatic rings.